The second-order valence-corrected chi connectivity index (χ2v) is 5.42. The number of rotatable bonds is 8. The van der Waals surface area contributed by atoms with Gasteiger partial charge in [-0.15, -0.1) is 0 Å². The van der Waals surface area contributed by atoms with Gasteiger partial charge in [0.2, 0.25) is 0 Å². The van der Waals surface area contributed by atoms with Crippen LogP contribution in [-0.4, -0.2) is 35.8 Å². The molecule has 0 aliphatic heterocycles. The molecule has 1 heterocycles. The minimum atomic E-state index is 0.00692. The number of aromatic nitrogens is 2. The van der Waals surface area contributed by atoms with Crippen molar-refractivity contribution >= 4 is 11.6 Å². The number of nitrogens with zero attached hydrogens (tertiary/aromatic N) is 2. The number of hydrogen-bond acceptors (Lipinski definition) is 5. The molecule has 1 fully saturated rings. The summed E-state index contributed by atoms with van der Waals surface area (Å²) < 4.78 is 5.64. The molecule has 1 aromatic rings. The van der Waals surface area contributed by atoms with Crippen LogP contribution in [0.25, 0.3) is 0 Å². The summed E-state index contributed by atoms with van der Waals surface area (Å²) in [5.74, 6) is 1.89. The minimum absolute atomic E-state index is 0.00692. The molecule has 5 heteroatoms. The van der Waals surface area contributed by atoms with E-state index in [9.17, 15) is 0 Å². The molecule has 20 heavy (non-hydrogen) atoms. The smallest absolute Gasteiger partial charge is 0.134 e. The van der Waals surface area contributed by atoms with E-state index in [2.05, 4.69) is 34.4 Å². The molecule has 0 radical (unpaired) electrons. The first-order chi connectivity index (χ1) is 9.74. The predicted molar refractivity (Wildman–Crippen MR) is 82.3 cm³/mol. The molecular weight excluding hydrogens is 252 g/mol. The first-order valence-electron chi connectivity index (χ1n) is 7.61. The molecule has 0 saturated heterocycles. The van der Waals surface area contributed by atoms with Gasteiger partial charge in [-0.2, -0.15) is 0 Å². The van der Waals surface area contributed by atoms with Crippen molar-refractivity contribution in [3.05, 3.63) is 11.9 Å². The molecule has 0 unspecified atom stereocenters. The topological polar surface area (TPSA) is 59.1 Å². The van der Waals surface area contributed by atoms with Crippen LogP contribution in [0.2, 0.25) is 0 Å². The molecule has 5 nitrogen and oxygen atoms in total. The fraction of sp³-hybridized carbons (Fsp3) is 0.733. The second kappa shape index (κ2) is 6.88. The first-order valence-corrected chi connectivity index (χ1v) is 7.61. The van der Waals surface area contributed by atoms with Crippen molar-refractivity contribution < 1.29 is 4.74 Å². The van der Waals surface area contributed by atoms with Crippen molar-refractivity contribution in [3.63, 3.8) is 0 Å². The van der Waals surface area contributed by atoms with Crippen LogP contribution in [0.15, 0.2) is 6.33 Å². The zero-order chi connectivity index (χ0) is 14.4. The molecule has 0 aromatic carbocycles. The van der Waals surface area contributed by atoms with E-state index >= 15 is 0 Å². The van der Waals surface area contributed by atoms with Gasteiger partial charge in [0.05, 0.1) is 5.60 Å². The maximum atomic E-state index is 5.64. The molecule has 0 amide bonds. The van der Waals surface area contributed by atoms with Gasteiger partial charge >= 0.3 is 0 Å². The third-order valence-electron chi connectivity index (χ3n) is 4.12. The molecule has 1 saturated carbocycles. The summed E-state index contributed by atoms with van der Waals surface area (Å²) in [6.07, 6.45) is 7.13. The number of nitrogens with one attached hydrogen (secondary N) is 2. The zero-order valence-corrected chi connectivity index (χ0v) is 12.8. The van der Waals surface area contributed by atoms with Gasteiger partial charge in [-0.3, -0.25) is 0 Å². The van der Waals surface area contributed by atoms with Crippen LogP contribution in [0.1, 0.15) is 45.1 Å². The molecular formula is C15H26N4O. The maximum absolute atomic E-state index is 5.64. The van der Waals surface area contributed by atoms with Crippen LogP contribution in [-0.2, 0) is 11.2 Å². The number of anilines is 2. The fourth-order valence-corrected chi connectivity index (χ4v) is 2.56. The van der Waals surface area contributed by atoms with Crippen LogP contribution >= 0.6 is 0 Å². The van der Waals surface area contributed by atoms with Gasteiger partial charge in [0.1, 0.15) is 18.0 Å². The Morgan fingerprint density at radius 2 is 1.90 bits per heavy atom. The van der Waals surface area contributed by atoms with Gasteiger partial charge in [0.15, 0.2) is 0 Å². The van der Waals surface area contributed by atoms with Crippen LogP contribution in [0.4, 0.5) is 11.6 Å². The highest BCUT2D eigenvalue weighted by molar-refractivity contribution is 5.57. The monoisotopic (exact) mass is 278 g/mol. The van der Waals surface area contributed by atoms with Crippen LogP contribution in [0, 0.1) is 0 Å². The highest BCUT2D eigenvalue weighted by Gasteiger charge is 2.36. The summed E-state index contributed by atoms with van der Waals surface area (Å²) in [6, 6.07) is 0. The molecule has 2 N–H and O–H groups in total. The van der Waals surface area contributed by atoms with Crippen molar-refractivity contribution in [3.8, 4) is 0 Å². The standard InChI is InChI=1S/C15H26N4O/c1-4-9-16-13-12(5-2)14(19-11-18-13)17-10-15(20-3)7-6-8-15/h11H,4-10H2,1-3H3,(H2,16,17,18,19). The highest BCUT2D eigenvalue weighted by atomic mass is 16.5. The van der Waals surface area contributed by atoms with E-state index in [1.807, 2.05) is 0 Å². The van der Waals surface area contributed by atoms with E-state index in [1.54, 1.807) is 13.4 Å². The summed E-state index contributed by atoms with van der Waals surface area (Å²) in [5, 5.41) is 6.83. The summed E-state index contributed by atoms with van der Waals surface area (Å²) in [7, 11) is 1.80. The second-order valence-electron chi connectivity index (χ2n) is 5.42. The third-order valence-corrected chi connectivity index (χ3v) is 4.12. The fourth-order valence-electron chi connectivity index (χ4n) is 2.56. The van der Waals surface area contributed by atoms with E-state index in [1.165, 1.54) is 6.42 Å². The molecule has 0 bridgehead atoms. The molecule has 1 aliphatic rings. The average Bonchev–Trinajstić information content (AvgIpc) is 2.44. The highest BCUT2D eigenvalue weighted by Crippen LogP contribution is 2.35. The Labute approximate surface area is 121 Å². The molecule has 1 aromatic heterocycles. The van der Waals surface area contributed by atoms with Crippen LogP contribution < -0.4 is 10.6 Å². The molecule has 0 spiro atoms. The van der Waals surface area contributed by atoms with E-state index in [-0.39, 0.29) is 5.60 Å². The average molecular weight is 278 g/mol. The van der Waals surface area contributed by atoms with Gasteiger partial charge < -0.3 is 15.4 Å². The SMILES string of the molecule is CCCNc1ncnc(NCC2(OC)CCC2)c1CC. The van der Waals surface area contributed by atoms with E-state index in [0.717, 1.165) is 56.0 Å². The predicted octanol–water partition coefficient (Wildman–Crippen LogP) is 2.84. The van der Waals surface area contributed by atoms with Gasteiger partial charge in [-0.05, 0) is 32.1 Å². The van der Waals surface area contributed by atoms with Crippen molar-refractivity contribution in [1.29, 1.82) is 0 Å². The van der Waals surface area contributed by atoms with Gasteiger partial charge in [0.25, 0.3) is 0 Å². The Kier molecular flexibility index (Phi) is 5.17. The lowest BCUT2D eigenvalue weighted by Crippen LogP contribution is -2.45. The summed E-state index contributed by atoms with van der Waals surface area (Å²) in [4.78, 5) is 8.75. The van der Waals surface area contributed by atoms with Crippen molar-refractivity contribution in [2.75, 3.05) is 30.8 Å². The minimum Gasteiger partial charge on any atom is -0.376 e. The Hall–Kier alpha value is -1.36. The number of methoxy groups -OCH3 is 1. The molecule has 0 atom stereocenters. The Bertz CT molecular complexity index is 426. The largest absolute Gasteiger partial charge is 0.376 e. The lowest BCUT2D eigenvalue weighted by molar-refractivity contribution is -0.0601. The molecule has 2 rings (SSSR count). The number of hydrogen-bond donors (Lipinski definition) is 2. The van der Waals surface area contributed by atoms with Gasteiger partial charge in [-0.1, -0.05) is 13.8 Å². The Morgan fingerprint density at radius 3 is 2.40 bits per heavy atom. The van der Waals surface area contributed by atoms with Crippen molar-refractivity contribution in [2.45, 2.75) is 51.6 Å². The lowest BCUT2D eigenvalue weighted by Gasteiger charge is -2.40. The summed E-state index contributed by atoms with van der Waals surface area (Å²) in [6.45, 7) is 6.04. The van der Waals surface area contributed by atoms with Gasteiger partial charge in [0, 0.05) is 25.8 Å². The zero-order valence-electron chi connectivity index (χ0n) is 12.8. The summed E-state index contributed by atoms with van der Waals surface area (Å²) >= 11 is 0. The van der Waals surface area contributed by atoms with Crippen LogP contribution in [0.5, 0.6) is 0 Å². The number of ether oxygens (including phenoxy) is 1. The van der Waals surface area contributed by atoms with Crippen molar-refractivity contribution in [2.24, 2.45) is 0 Å². The van der Waals surface area contributed by atoms with E-state index < -0.39 is 0 Å². The van der Waals surface area contributed by atoms with E-state index in [4.69, 9.17) is 4.74 Å². The van der Waals surface area contributed by atoms with Gasteiger partial charge in [-0.25, -0.2) is 9.97 Å². The molecule has 1 aliphatic carbocycles. The van der Waals surface area contributed by atoms with Crippen LogP contribution in [0.3, 0.4) is 0 Å². The normalized spacial score (nSPS) is 16.6. The third kappa shape index (κ3) is 3.20. The summed E-state index contributed by atoms with van der Waals surface area (Å²) in [5.41, 5.74) is 1.17. The first kappa shape index (κ1) is 15.0. The van der Waals surface area contributed by atoms with Crippen molar-refractivity contribution in [1.82, 2.24) is 9.97 Å². The van der Waals surface area contributed by atoms with E-state index in [0.29, 0.717) is 0 Å². The Morgan fingerprint density at radius 1 is 1.20 bits per heavy atom. The maximum Gasteiger partial charge on any atom is 0.134 e. The lowest BCUT2D eigenvalue weighted by atomic mass is 9.80. The molecule has 112 valence electrons. The quantitative estimate of drug-likeness (QED) is 0.765. The Balaban J connectivity index is 2.06.